The van der Waals surface area contributed by atoms with Gasteiger partial charge in [-0.2, -0.15) is 0 Å². The minimum atomic E-state index is 0.471. The van der Waals surface area contributed by atoms with Crippen molar-refractivity contribution in [2.75, 3.05) is 26.7 Å². The fourth-order valence-electron chi connectivity index (χ4n) is 3.10. The van der Waals surface area contributed by atoms with Gasteiger partial charge >= 0.3 is 0 Å². The Morgan fingerprint density at radius 3 is 2.74 bits per heavy atom. The van der Waals surface area contributed by atoms with Crippen LogP contribution in [-0.4, -0.2) is 37.6 Å². The van der Waals surface area contributed by atoms with Gasteiger partial charge < -0.3 is 10.2 Å². The van der Waals surface area contributed by atoms with E-state index in [9.17, 15) is 0 Å². The van der Waals surface area contributed by atoms with E-state index in [0.717, 1.165) is 5.92 Å². The van der Waals surface area contributed by atoms with E-state index >= 15 is 0 Å². The van der Waals surface area contributed by atoms with E-state index in [2.05, 4.69) is 55.5 Å². The lowest BCUT2D eigenvalue weighted by molar-refractivity contribution is 0.111. The smallest absolute Gasteiger partial charge is 0.0112 e. The molecule has 0 amide bonds. The molecule has 0 aromatic carbocycles. The van der Waals surface area contributed by atoms with Gasteiger partial charge in [0.15, 0.2) is 0 Å². The third-order valence-corrected chi connectivity index (χ3v) is 5.79. The standard InChI is InChI=1S/C16H28N2S/c1-13(2)16(7-8-17-11-16)12-18(4)14(3)10-15-6-5-9-19-15/h5-6,9,13-14,17H,7-8,10-12H2,1-4H3. The van der Waals surface area contributed by atoms with Gasteiger partial charge in [-0.15, -0.1) is 11.3 Å². The highest BCUT2D eigenvalue weighted by molar-refractivity contribution is 7.09. The summed E-state index contributed by atoms with van der Waals surface area (Å²) in [5, 5.41) is 5.74. The van der Waals surface area contributed by atoms with Crippen molar-refractivity contribution in [3.63, 3.8) is 0 Å². The molecule has 1 fully saturated rings. The van der Waals surface area contributed by atoms with Crippen molar-refractivity contribution in [2.45, 2.75) is 39.7 Å². The maximum Gasteiger partial charge on any atom is 0.0112 e. The molecule has 2 unspecified atom stereocenters. The Hall–Kier alpha value is -0.380. The molecule has 1 aliphatic rings. The van der Waals surface area contributed by atoms with E-state index in [0.29, 0.717) is 11.5 Å². The maximum atomic E-state index is 3.56. The van der Waals surface area contributed by atoms with Gasteiger partial charge in [-0.3, -0.25) is 0 Å². The molecule has 0 saturated carbocycles. The Kier molecular flexibility index (Phi) is 5.04. The van der Waals surface area contributed by atoms with Crippen molar-refractivity contribution >= 4 is 11.3 Å². The number of rotatable bonds is 6. The molecule has 1 aliphatic heterocycles. The first-order valence-electron chi connectivity index (χ1n) is 7.47. The second kappa shape index (κ2) is 6.38. The summed E-state index contributed by atoms with van der Waals surface area (Å²) in [5.41, 5.74) is 0.471. The van der Waals surface area contributed by atoms with Crippen molar-refractivity contribution in [1.29, 1.82) is 0 Å². The Morgan fingerprint density at radius 2 is 2.21 bits per heavy atom. The van der Waals surface area contributed by atoms with Crippen LogP contribution >= 0.6 is 11.3 Å². The van der Waals surface area contributed by atoms with Crippen molar-refractivity contribution < 1.29 is 0 Å². The lowest BCUT2D eigenvalue weighted by Gasteiger charge is -2.39. The van der Waals surface area contributed by atoms with Crippen molar-refractivity contribution in [1.82, 2.24) is 10.2 Å². The van der Waals surface area contributed by atoms with Gasteiger partial charge in [0, 0.05) is 24.0 Å². The second-order valence-corrected chi connectivity index (χ2v) is 7.52. The Balaban J connectivity index is 1.93. The fourth-order valence-corrected chi connectivity index (χ4v) is 3.93. The molecule has 1 aromatic heterocycles. The zero-order valence-corrected chi connectivity index (χ0v) is 13.6. The third-order valence-electron chi connectivity index (χ3n) is 4.89. The van der Waals surface area contributed by atoms with Crippen LogP contribution in [0.25, 0.3) is 0 Å². The molecule has 2 heterocycles. The summed E-state index contributed by atoms with van der Waals surface area (Å²) in [5.74, 6) is 0.749. The first-order valence-corrected chi connectivity index (χ1v) is 8.35. The zero-order chi connectivity index (χ0) is 13.9. The molecule has 3 heteroatoms. The first-order chi connectivity index (χ1) is 9.03. The van der Waals surface area contributed by atoms with Gasteiger partial charge in [-0.05, 0) is 56.1 Å². The van der Waals surface area contributed by atoms with E-state index in [1.54, 1.807) is 0 Å². The first kappa shape index (κ1) is 15.0. The van der Waals surface area contributed by atoms with E-state index in [4.69, 9.17) is 0 Å². The van der Waals surface area contributed by atoms with Crippen LogP contribution < -0.4 is 5.32 Å². The predicted octanol–water partition coefficient (Wildman–Crippen LogP) is 3.25. The van der Waals surface area contributed by atoms with Crippen LogP contribution in [0.15, 0.2) is 17.5 Å². The average Bonchev–Trinajstić information content (AvgIpc) is 3.00. The Bertz CT molecular complexity index is 366. The van der Waals surface area contributed by atoms with Crippen LogP contribution in [0.4, 0.5) is 0 Å². The number of thiophene rings is 1. The normalized spacial score (nSPS) is 25.4. The monoisotopic (exact) mass is 280 g/mol. The fraction of sp³-hybridized carbons (Fsp3) is 0.750. The number of likely N-dealkylation sites (N-methyl/N-ethyl adjacent to an activating group) is 1. The average molecular weight is 280 g/mol. The molecule has 0 radical (unpaired) electrons. The maximum absolute atomic E-state index is 3.56. The lowest BCUT2D eigenvalue weighted by atomic mass is 9.76. The summed E-state index contributed by atoms with van der Waals surface area (Å²) in [6.45, 7) is 10.7. The quantitative estimate of drug-likeness (QED) is 0.860. The van der Waals surface area contributed by atoms with E-state index in [-0.39, 0.29) is 0 Å². The summed E-state index contributed by atoms with van der Waals surface area (Å²) in [6, 6.07) is 5.03. The van der Waals surface area contributed by atoms with Crippen molar-refractivity contribution in [3.8, 4) is 0 Å². The van der Waals surface area contributed by atoms with E-state index in [1.807, 2.05) is 11.3 Å². The van der Waals surface area contributed by atoms with Gasteiger partial charge in [-0.1, -0.05) is 19.9 Å². The molecule has 108 valence electrons. The van der Waals surface area contributed by atoms with Crippen LogP contribution in [0.2, 0.25) is 0 Å². The van der Waals surface area contributed by atoms with Gasteiger partial charge in [0.2, 0.25) is 0 Å². The third kappa shape index (κ3) is 3.59. The summed E-state index contributed by atoms with van der Waals surface area (Å²) in [6.07, 6.45) is 2.50. The number of hydrogen-bond donors (Lipinski definition) is 1. The SMILES string of the molecule is CC(Cc1cccs1)N(C)CC1(C(C)C)CCNC1. The highest BCUT2D eigenvalue weighted by Gasteiger charge is 2.38. The topological polar surface area (TPSA) is 15.3 Å². The largest absolute Gasteiger partial charge is 0.316 e. The van der Waals surface area contributed by atoms with E-state index < -0.39 is 0 Å². The highest BCUT2D eigenvalue weighted by atomic mass is 32.1. The van der Waals surface area contributed by atoms with Gasteiger partial charge in [-0.25, -0.2) is 0 Å². The zero-order valence-electron chi connectivity index (χ0n) is 12.8. The van der Waals surface area contributed by atoms with Crippen LogP contribution in [0.5, 0.6) is 0 Å². The van der Waals surface area contributed by atoms with Gasteiger partial charge in [0.05, 0.1) is 0 Å². The highest BCUT2D eigenvalue weighted by Crippen LogP contribution is 2.35. The molecule has 2 atom stereocenters. The number of hydrogen-bond acceptors (Lipinski definition) is 3. The molecular weight excluding hydrogens is 252 g/mol. The van der Waals surface area contributed by atoms with Crippen LogP contribution in [0.1, 0.15) is 32.1 Å². The molecule has 2 nitrogen and oxygen atoms in total. The van der Waals surface area contributed by atoms with Crippen LogP contribution in [0, 0.1) is 11.3 Å². The summed E-state index contributed by atoms with van der Waals surface area (Å²) in [7, 11) is 2.29. The molecule has 1 saturated heterocycles. The Morgan fingerprint density at radius 1 is 1.42 bits per heavy atom. The number of nitrogens with zero attached hydrogens (tertiary/aromatic N) is 1. The van der Waals surface area contributed by atoms with Crippen molar-refractivity contribution in [2.24, 2.45) is 11.3 Å². The molecule has 0 spiro atoms. The minimum absolute atomic E-state index is 0.471. The molecule has 0 bridgehead atoms. The Labute approximate surface area is 122 Å². The molecule has 19 heavy (non-hydrogen) atoms. The summed E-state index contributed by atoms with van der Waals surface area (Å²) >= 11 is 1.88. The second-order valence-electron chi connectivity index (χ2n) is 6.49. The predicted molar refractivity (Wildman–Crippen MR) is 84.9 cm³/mol. The summed E-state index contributed by atoms with van der Waals surface area (Å²) < 4.78 is 0. The van der Waals surface area contributed by atoms with Crippen LogP contribution in [-0.2, 0) is 6.42 Å². The van der Waals surface area contributed by atoms with Gasteiger partial charge in [0.25, 0.3) is 0 Å². The minimum Gasteiger partial charge on any atom is -0.316 e. The molecule has 1 aromatic rings. The van der Waals surface area contributed by atoms with E-state index in [1.165, 1.54) is 37.4 Å². The lowest BCUT2D eigenvalue weighted by Crippen LogP contribution is -2.44. The molecular formula is C16H28N2S. The van der Waals surface area contributed by atoms with Crippen LogP contribution in [0.3, 0.4) is 0 Å². The van der Waals surface area contributed by atoms with Crippen molar-refractivity contribution in [3.05, 3.63) is 22.4 Å². The number of nitrogens with one attached hydrogen (secondary N) is 1. The molecule has 2 rings (SSSR count). The summed E-state index contributed by atoms with van der Waals surface area (Å²) in [4.78, 5) is 4.06. The molecule has 0 aliphatic carbocycles. The van der Waals surface area contributed by atoms with Gasteiger partial charge in [0.1, 0.15) is 0 Å². The molecule has 1 N–H and O–H groups in total.